The van der Waals surface area contributed by atoms with Crippen LogP contribution in [0.15, 0.2) is 30.6 Å². The summed E-state index contributed by atoms with van der Waals surface area (Å²) in [4.78, 5) is 8.18. The SMILES string of the molecule is CCCNCc1cc(F)cnc1Oc1cccnc1C. The van der Waals surface area contributed by atoms with Crippen molar-refractivity contribution in [2.45, 2.75) is 26.8 Å². The maximum atomic E-state index is 13.3. The summed E-state index contributed by atoms with van der Waals surface area (Å²) in [5.74, 6) is 0.669. The zero-order valence-electron chi connectivity index (χ0n) is 11.7. The lowest BCUT2D eigenvalue weighted by molar-refractivity contribution is 0.443. The second-order valence-corrected chi connectivity index (χ2v) is 4.48. The standard InChI is InChI=1S/C15H18FN3O/c1-3-6-17-9-12-8-13(16)10-19-15(12)20-14-5-4-7-18-11(14)2/h4-5,7-8,10,17H,3,6,9H2,1-2H3. The molecule has 0 aliphatic rings. The van der Waals surface area contributed by atoms with Crippen LogP contribution < -0.4 is 10.1 Å². The molecule has 0 saturated heterocycles. The molecule has 0 saturated carbocycles. The maximum Gasteiger partial charge on any atom is 0.224 e. The van der Waals surface area contributed by atoms with E-state index in [0.717, 1.165) is 24.9 Å². The first-order valence-electron chi connectivity index (χ1n) is 6.65. The first kappa shape index (κ1) is 14.4. The topological polar surface area (TPSA) is 47.0 Å². The van der Waals surface area contributed by atoms with Crippen LogP contribution in [0.3, 0.4) is 0 Å². The van der Waals surface area contributed by atoms with E-state index in [-0.39, 0.29) is 5.82 Å². The molecule has 106 valence electrons. The molecule has 0 aliphatic heterocycles. The summed E-state index contributed by atoms with van der Waals surface area (Å²) >= 11 is 0. The van der Waals surface area contributed by atoms with Crippen LogP contribution in [0.2, 0.25) is 0 Å². The molecule has 0 unspecified atom stereocenters. The monoisotopic (exact) mass is 275 g/mol. The van der Waals surface area contributed by atoms with Gasteiger partial charge in [-0.15, -0.1) is 0 Å². The van der Waals surface area contributed by atoms with Crippen molar-refractivity contribution in [2.75, 3.05) is 6.54 Å². The smallest absolute Gasteiger partial charge is 0.224 e. The summed E-state index contributed by atoms with van der Waals surface area (Å²) in [6.07, 6.45) is 3.87. The number of hydrogen-bond donors (Lipinski definition) is 1. The quantitative estimate of drug-likeness (QED) is 0.822. The van der Waals surface area contributed by atoms with Crippen molar-refractivity contribution in [1.82, 2.24) is 15.3 Å². The molecule has 0 spiro atoms. The van der Waals surface area contributed by atoms with Crippen molar-refractivity contribution >= 4 is 0 Å². The summed E-state index contributed by atoms with van der Waals surface area (Å²) in [7, 11) is 0. The van der Waals surface area contributed by atoms with Gasteiger partial charge in [-0.05, 0) is 38.1 Å². The van der Waals surface area contributed by atoms with Crippen LogP contribution in [0, 0.1) is 12.7 Å². The lowest BCUT2D eigenvalue weighted by atomic mass is 10.2. The van der Waals surface area contributed by atoms with Gasteiger partial charge in [0.25, 0.3) is 0 Å². The molecule has 0 radical (unpaired) electrons. The molecule has 2 heterocycles. The minimum atomic E-state index is -0.367. The van der Waals surface area contributed by atoms with Crippen molar-refractivity contribution in [3.8, 4) is 11.6 Å². The number of hydrogen-bond acceptors (Lipinski definition) is 4. The zero-order chi connectivity index (χ0) is 14.4. The third-order valence-electron chi connectivity index (χ3n) is 2.80. The molecule has 2 aromatic heterocycles. The summed E-state index contributed by atoms with van der Waals surface area (Å²) in [6.45, 7) is 5.32. The third kappa shape index (κ3) is 3.74. The van der Waals surface area contributed by atoms with Crippen molar-refractivity contribution < 1.29 is 9.13 Å². The van der Waals surface area contributed by atoms with Crippen molar-refractivity contribution in [1.29, 1.82) is 0 Å². The molecule has 0 amide bonds. The summed E-state index contributed by atoms with van der Waals surface area (Å²) in [6, 6.07) is 5.05. The predicted octanol–water partition coefficient (Wildman–Crippen LogP) is 3.22. The first-order valence-corrected chi connectivity index (χ1v) is 6.65. The Balaban J connectivity index is 2.20. The summed E-state index contributed by atoms with van der Waals surface area (Å²) < 4.78 is 19.1. The summed E-state index contributed by atoms with van der Waals surface area (Å²) in [5, 5.41) is 3.22. The Morgan fingerprint density at radius 3 is 2.95 bits per heavy atom. The Morgan fingerprint density at radius 1 is 1.35 bits per heavy atom. The van der Waals surface area contributed by atoms with Gasteiger partial charge in [-0.3, -0.25) is 4.98 Å². The van der Waals surface area contributed by atoms with Gasteiger partial charge in [-0.25, -0.2) is 9.37 Å². The van der Waals surface area contributed by atoms with Gasteiger partial charge in [0.15, 0.2) is 5.75 Å². The maximum absolute atomic E-state index is 13.3. The van der Waals surface area contributed by atoms with E-state index in [1.54, 1.807) is 12.3 Å². The number of aryl methyl sites for hydroxylation is 1. The number of nitrogens with zero attached hydrogens (tertiary/aromatic N) is 2. The van der Waals surface area contributed by atoms with Gasteiger partial charge in [0.05, 0.1) is 11.9 Å². The second-order valence-electron chi connectivity index (χ2n) is 4.48. The molecule has 20 heavy (non-hydrogen) atoms. The Hall–Kier alpha value is -2.01. The molecule has 0 fully saturated rings. The molecule has 0 aromatic carbocycles. The second kappa shape index (κ2) is 6.96. The van der Waals surface area contributed by atoms with Crippen LogP contribution in [0.25, 0.3) is 0 Å². The van der Waals surface area contributed by atoms with Gasteiger partial charge < -0.3 is 10.1 Å². The van der Waals surface area contributed by atoms with Crippen LogP contribution in [-0.2, 0) is 6.54 Å². The van der Waals surface area contributed by atoms with Gasteiger partial charge in [0.1, 0.15) is 5.82 Å². The Labute approximate surface area is 118 Å². The van der Waals surface area contributed by atoms with Crippen LogP contribution in [0.5, 0.6) is 11.6 Å². The fraction of sp³-hybridized carbons (Fsp3) is 0.333. The Bertz CT molecular complexity index is 575. The average Bonchev–Trinajstić information content (AvgIpc) is 2.44. The molecule has 4 nitrogen and oxygen atoms in total. The average molecular weight is 275 g/mol. The van der Waals surface area contributed by atoms with Crippen LogP contribution in [0.1, 0.15) is 24.6 Å². The van der Waals surface area contributed by atoms with Crippen molar-refractivity contribution in [3.63, 3.8) is 0 Å². The van der Waals surface area contributed by atoms with E-state index >= 15 is 0 Å². The van der Waals surface area contributed by atoms with Gasteiger partial charge >= 0.3 is 0 Å². The van der Waals surface area contributed by atoms with Crippen molar-refractivity contribution in [2.24, 2.45) is 0 Å². The lowest BCUT2D eigenvalue weighted by Crippen LogP contribution is -2.15. The number of nitrogens with one attached hydrogen (secondary N) is 1. The summed E-state index contributed by atoms with van der Waals surface area (Å²) in [5.41, 5.74) is 1.47. The normalized spacial score (nSPS) is 10.6. The van der Waals surface area contributed by atoms with E-state index in [0.29, 0.717) is 23.7 Å². The minimum Gasteiger partial charge on any atom is -0.437 e. The molecule has 0 aliphatic carbocycles. The Kier molecular flexibility index (Phi) is 5.01. The fourth-order valence-electron chi connectivity index (χ4n) is 1.77. The van der Waals surface area contributed by atoms with Gasteiger partial charge in [0.2, 0.25) is 5.88 Å². The van der Waals surface area contributed by atoms with Gasteiger partial charge in [0, 0.05) is 18.3 Å². The highest BCUT2D eigenvalue weighted by molar-refractivity contribution is 5.34. The number of rotatable bonds is 6. The highest BCUT2D eigenvalue weighted by atomic mass is 19.1. The molecule has 0 bridgehead atoms. The number of halogens is 1. The number of pyridine rings is 2. The minimum absolute atomic E-state index is 0.367. The van der Waals surface area contributed by atoms with E-state index < -0.39 is 0 Å². The van der Waals surface area contributed by atoms with E-state index in [4.69, 9.17) is 4.74 Å². The largest absolute Gasteiger partial charge is 0.437 e. The highest BCUT2D eigenvalue weighted by Gasteiger charge is 2.10. The molecule has 1 N–H and O–H groups in total. The van der Waals surface area contributed by atoms with Crippen LogP contribution in [0.4, 0.5) is 4.39 Å². The van der Waals surface area contributed by atoms with Crippen LogP contribution in [-0.4, -0.2) is 16.5 Å². The Morgan fingerprint density at radius 2 is 2.20 bits per heavy atom. The van der Waals surface area contributed by atoms with Gasteiger partial charge in [-0.2, -0.15) is 0 Å². The number of ether oxygens (including phenoxy) is 1. The first-order chi connectivity index (χ1) is 9.70. The molecule has 2 rings (SSSR count). The molecule has 5 heteroatoms. The zero-order valence-corrected chi connectivity index (χ0v) is 11.7. The van der Waals surface area contributed by atoms with Gasteiger partial charge in [-0.1, -0.05) is 6.92 Å². The number of aromatic nitrogens is 2. The van der Waals surface area contributed by atoms with E-state index in [1.165, 1.54) is 6.07 Å². The lowest BCUT2D eigenvalue weighted by Gasteiger charge is -2.11. The van der Waals surface area contributed by atoms with Crippen LogP contribution >= 0.6 is 0 Å². The van der Waals surface area contributed by atoms with E-state index in [1.807, 2.05) is 13.0 Å². The highest BCUT2D eigenvalue weighted by Crippen LogP contribution is 2.25. The third-order valence-corrected chi connectivity index (χ3v) is 2.80. The van der Waals surface area contributed by atoms with E-state index in [2.05, 4.69) is 22.2 Å². The molecule has 0 atom stereocenters. The molecular formula is C15H18FN3O. The van der Waals surface area contributed by atoms with Crippen molar-refractivity contribution in [3.05, 3.63) is 47.7 Å². The molecular weight excluding hydrogens is 257 g/mol. The molecule has 2 aromatic rings. The fourth-order valence-corrected chi connectivity index (χ4v) is 1.77. The van der Waals surface area contributed by atoms with E-state index in [9.17, 15) is 4.39 Å². The predicted molar refractivity (Wildman–Crippen MR) is 75.2 cm³/mol.